The molecule has 2 atom stereocenters. The normalized spacial score (nSPS) is 14.8. The van der Waals surface area contributed by atoms with E-state index in [2.05, 4.69) is 61.0 Å². The molecule has 1 aromatic rings. The van der Waals surface area contributed by atoms with Gasteiger partial charge in [0.15, 0.2) is 0 Å². The highest BCUT2D eigenvalue weighted by molar-refractivity contribution is 9.09. The van der Waals surface area contributed by atoms with E-state index >= 15 is 0 Å². The SMILES string of the molecule is CCCCc1ccc(C(C)C(C)CBr)cc1. The Balaban J connectivity index is 2.63. The number of hydrogen-bond donors (Lipinski definition) is 0. The van der Waals surface area contributed by atoms with Gasteiger partial charge in [-0.05, 0) is 35.8 Å². The molecule has 1 heteroatoms. The Morgan fingerprint density at radius 2 is 1.75 bits per heavy atom. The molecule has 90 valence electrons. The number of benzene rings is 1. The standard InChI is InChI=1S/C15H23Br/c1-4-5-6-14-7-9-15(10-8-14)13(3)12(2)11-16/h7-10,12-13H,4-6,11H2,1-3H3. The minimum absolute atomic E-state index is 0.639. The summed E-state index contributed by atoms with van der Waals surface area (Å²) in [5.41, 5.74) is 2.94. The zero-order valence-corrected chi connectivity index (χ0v) is 12.3. The van der Waals surface area contributed by atoms with E-state index < -0.39 is 0 Å². The Morgan fingerprint density at radius 1 is 1.12 bits per heavy atom. The summed E-state index contributed by atoms with van der Waals surface area (Å²) in [7, 11) is 0. The van der Waals surface area contributed by atoms with Crippen LogP contribution in [0.3, 0.4) is 0 Å². The molecule has 16 heavy (non-hydrogen) atoms. The van der Waals surface area contributed by atoms with Gasteiger partial charge < -0.3 is 0 Å². The predicted octanol–water partition coefficient (Wildman–Crippen LogP) is 5.16. The van der Waals surface area contributed by atoms with Crippen molar-refractivity contribution >= 4 is 15.9 Å². The molecule has 0 heterocycles. The first-order chi connectivity index (χ1) is 7.69. The molecule has 0 bridgehead atoms. The molecule has 0 saturated heterocycles. The van der Waals surface area contributed by atoms with E-state index in [1.807, 2.05) is 0 Å². The van der Waals surface area contributed by atoms with Crippen LogP contribution >= 0.6 is 15.9 Å². The Bertz CT molecular complexity index is 289. The first-order valence-corrected chi connectivity index (χ1v) is 7.46. The Kier molecular flexibility index (Phi) is 6.12. The van der Waals surface area contributed by atoms with Gasteiger partial charge in [0.1, 0.15) is 0 Å². The van der Waals surface area contributed by atoms with Gasteiger partial charge in [-0.15, -0.1) is 0 Å². The van der Waals surface area contributed by atoms with E-state index in [4.69, 9.17) is 0 Å². The average molecular weight is 283 g/mol. The number of hydrogen-bond acceptors (Lipinski definition) is 0. The number of unbranched alkanes of at least 4 members (excludes halogenated alkanes) is 1. The lowest BCUT2D eigenvalue weighted by atomic mass is 9.89. The highest BCUT2D eigenvalue weighted by Gasteiger charge is 2.12. The maximum absolute atomic E-state index is 3.56. The summed E-state index contributed by atoms with van der Waals surface area (Å²) in [6.07, 6.45) is 3.80. The molecule has 0 aliphatic rings. The van der Waals surface area contributed by atoms with E-state index in [1.54, 1.807) is 0 Å². The van der Waals surface area contributed by atoms with E-state index in [0.717, 1.165) is 5.33 Å². The summed E-state index contributed by atoms with van der Waals surface area (Å²) < 4.78 is 0. The van der Waals surface area contributed by atoms with Crippen molar-refractivity contribution in [3.05, 3.63) is 35.4 Å². The lowest BCUT2D eigenvalue weighted by Crippen LogP contribution is -2.07. The molecule has 0 amide bonds. The van der Waals surface area contributed by atoms with Gasteiger partial charge in [-0.2, -0.15) is 0 Å². The second kappa shape index (κ2) is 7.11. The van der Waals surface area contributed by atoms with Crippen molar-refractivity contribution in [2.75, 3.05) is 5.33 Å². The largest absolute Gasteiger partial charge is 0.0925 e. The fraction of sp³-hybridized carbons (Fsp3) is 0.600. The van der Waals surface area contributed by atoms with Crippen molar-refractivity contribution in [1.82, 2.24) is 0 Å². The van der Waals surface area contributed by atoms with Crippen LogP contribution in [-0.2, 0) is 6.42 Å². The zero-order chi connectivity index (χ0) is 12.0. The first kappa shape index (κ1) is 13.8. The van der Waals surface area contributed by atoms with Crippen molar-refractivity contribution in [1.29, 1.82) is 0 Å². The average Bonchev–Trinajstić information content (AvgIpc) is 2.35. The Labute approximate surface area is 109 Å². The maximum atomic E-state index is 3.56. The lowest BCUT2D eigenvalue weighted by molar-refractivity contribution is 0.547. The fourth-order valence-corrected chi connectivity index (χ4v) is 2.39. The number of alkyl halides is 1. The van der Waals surface area contributed by atoms with Crippen molar-refractivity contribution in [2.24, 2.45) is 5.92 Å². The number of halogens is 1. The van der Waals surface area contributed by atoms with E-state index in [1.165, 1.54) is 30.4 Å². The highest BCUT2D eigenvalue weighted by atomic mass is 79.9. The monoisotopic (exact) mass is 282 g/mol. The van der Waals surface area contributed by atoms with Gasteiger partial charge in [-0.1, -0.05) is 67.4 Å². The van der Waals surface area contributed by atoms with E-state index in [9.17, 15) is 0 Å². The van der Waals surface area contributed by atoms with Crippen LogP contribution in [0.2, 0.25) is 0 Å². The van der Waals surface area contributed by atoms with Crippen LogP contribution in [-0.4, -0.2) is 5.33 Å². The topological polar surface area (TPSA) is 0 Å². The lowest BCUT2D eigenvalue weighted by Gasteiger charge is -2.18. The Hall–Kier alpha value is -0.300. The molecule has 0 aliphatic carbocycles. The Morgan fingerprint density at radius 3 is 2.25 bits per heavy atom. The summed E-state index contributed by atoms with van der Waals surface area (Å²) in [5, 5.41) is 1.08. The number of aryl methyl sites for hydroxylation is 1. The molecule has 0 radical (unpaired) electrons. The predicted molar refractivity (Wildman–Crippen MR) is 76.4 cm³/mol. The zero-order valence-electron chi connectivity index (χ0n) is 10.7. The van der Waals surface area contributed by atoms with Gasteiger partial charge in [0.2, 0.25) is 0 Å². The minimum atomic E-state index is 0.639. The van der Waals surface area contributed by atoms with Crippen molar-refractivity contribution in [3.8, 4) is 0 Å². The molecule has 1 rings (SSSR count). The van der Waals surface area contributed by atoms with Crippen molar-refractivity contribution < 1.29 is 0 Å². The van der Waals surface area contributed by atoms with E-state index in [0.29, 0.717) is 11.8 Å². The van der Waals surface area contributed by atoms with Crippen LogP contribution < -0.4 is 0 Å². The maximum Gasteiger partial charge on any atom is 0.00627 e. The highest BCUT2D eigenvalue weighted by Crippen LogP contribution is 2.25. The molecule has 0 nitrogen and oxygen atoms in total. The third-order valence-corrected chi connectivity index (χ3v) is 4.44. The van der Waals surface area contributed by atoms with Gasteiger partial charge in [-0.3, -0.25) is 0 Å². The van der Waals surface area contributed by atoms with Crippen molar-refractivity contribution in [3.63, 3.8) is 0 Å². The van der Waals surface area contributed by atoms with Gasteiger partial charge >= 0.3 is 0 Å². The molecule has 1 aromatic carbocycles. The van der Waals surface area contributed by atoms with Crippen molar-refractivity contribution in [2.45, 2.75) is 46.0 Å². The van der Waals surface area contributed by atoms with Gasteiger partial charge in [-0.25, -0.2) is 0 Å². The second-order valence-electron chi connectivity index (χ2n) is 4.77. The van der Waals surface area contributed by atoms with Crippen LogP contribution in [0.15, 0.2) is 24.3 Å². The molecule has 0 saturated carbocycles. The fourth-order valence-electron chi connectivity index (χ4n) is 1.83. The minimum Gasteiger partial charge on any atom is -0.0925 e. The first-order valence-electron chi connectivity index (χ1n) is 6.33. The molecular formula is C15H23Br. The molecule has 0 aliphatic heterocycles. The molecule has 2 unspecified atom stereocenters. The van der Waals surface area contributed by atoms with Gasteiger partial charge in [0, 0.05) is 5.33 Å². The smallest absolute Gasteiger partial charge is 0.00627 e. The second-order valence-corrected chi connectivity index (χ2v) is 5.41. The third kappa shape index (κ3) is 3.93. The molecule has 0 spiro atoms. The van der Waals surface area contributed by atoms with Crippen LogP contribution in [0.25, 0.3) is 0 Å². The summed E-state index contributed by atoms with van der Waals surface area (Å²) in [6, 6.07) is 9.19. The third-order valence-electron chi connectivity index (χ3n) is 3.42. The van der Waals surface area contributed by atoms with Gasteiger partial charge in [0.05, 0.1) is 0 Å². The van der Waals surface area contributed by atoms with Crippen LogP contribution in [0.1, 0.15) is 50.7 Å². The molecule has 0 N–H and O–H groups in total. The van der Waals surface area contributed by atoms with Crippen LogP contribution in [0.4, 0.5) is 0 Å². The summed E-state index contributed by atoms with van der Waals surface area (Å²) in [4.78, 5) is 0. The molecule has 0 fully saturated rings. The summed E-state index contributed by atoms with van der Waals surface area (Å²) in [5.74, 6) is 1.33. The summed E-state index contributed by atoms with van der Waals surface area (Å²) in [6.45, 7) is 6.85. The van der Waals surface area contributed by atoms with Crippen LogP contribution in [0, 0.1) is 5.92 Å². The van der Waals surface area contributed by atoms with E-state index in [-0.39, 0.29) is 0 Å². The molecule has 0 aromatic heterocycles. The van der Waals surface area contributed by atoms with Gasteiger partial charge in [0.25, 0.3) is 0 Å². The van der Waals surface area contributed by atoms with Crippen LogP contribution in [0.5, 0.6) is 0 Å². The molecular weight excluding hydrogens is 260 g/mol. The quantitative estimate of drug-likeness (QED) is 0.632. The number of rotatable bonds is 6. The summed E-state index contributed by atoms with van der Waals surface area (Å²) >= 11 is 3.56.